The number of sulfonamides is 1. The maximum atomic E-state index is 12.4. The molecule has 2 N–H and O–H groups in total. The second-order valence-corrected chi connectivity index (χ2v) is 6.70. The Bertz CT molecular complexity index is 714. The average Bonchev–Trinajstić information content (AvgIpc) is 2.47. The summed E-state index contributed by atoms with van der Waals surface area (Å²) in [7, 11) is -3.54. The lowest BCUT2D eigenvalue weighted by atomic mass is 10.1. The molecule has 1 aromatic carbocycles. The predicted octanol–water partition coefficient (Wildman–Crippen LogP) is 1.98. The Hall–Kier alpha value is -1.50. The first-order valence-electron chi connectivity index (χ1n) is 7.01. The van der Waals surface area contributed by atoms with E-state index >= 15 is 0 Å². The van der Waals surface area contributed by atoms with Gasteiger partial charge < -0.3 is 5.11 Å². The number of aliphatic hydroxyl groups excluding tert-OH is 1. The fourth-order valence-corrected chi connectivity index (χ4v) is 3.49. The number of benzene rings is 1. The van der Waals surface area contributed by atoms with E-state index in [-0.39, 0.29) is 11.5 Å². The number of aryl methyl sites for hydroxylation is 1. The molecular formula is C15H20N2O3S. The standard InChI is InChI=1S/C15H20N2O3S/c1-12-7-8-14(13-6-5-9-16-15(12)13)21(19,20)17-10-3-2-4-11-18/h5-9,17-18H,2-4,10-11H2,1H3. The summed E-state index contributed by atoms with van der Waals surface area (Å²) < 4.78 is 27.4. The molecule has 0 atom stereocenters. The van der Waals surface area contributed by atoms with Crippen molar-refractivity contribution >= 4 is 20.9 Å². The molecule has 1 heterocycles. The van der Waals surface area contributed by atoms with E-state index in [0.717, 1.165) is 12.0 Å². The first-order chi connectivity index (χ1) is 10.1. The van der Waals surface area contributed by atoms with Crippen molar-refractivity contribution in [2.45, 2.75) is 31.1 Å². The number of hydrogen-bond acceptors (Lipinski definition) is 4. The average molecular weight is 308 g/mol. The molecule has 2 aromatic rings. The molecule has 0 aliphatic heterocycles. The summed E-state index contributed by atoms with van der Waals surface area (Å²) in [5.41, 5.74) is 1.66. The van der Waals surface area contributed by atoms with E-state index in [0.29, 0.717) is 30.3 Å². The molecule has 0 bridgehead atoms. The van der Waals surface area contributed by atoms with Crippen LogP contribution in [0, 0.1) is 6.92 Å². The van der Waals surface area contributed by atoms with Gasteiger partial charge in [0.1, 0.15) is 0 Å². The molecule has 0 saturated heterocycles. The second-order valence-electron chi connectivity index (χ2n) is 4.96. The minimum absolute atomic E-state index is 0.140. The normalized spacial score (nSPS) is 11.9. The zero-order valence-electron chi connectivity index (χ0n) is 12.0. The number of pyridine rings is 1. The Morgan fingerprint density at radius 2 is 2.00 bits per heavy atom. The van der Waals surface area contributed by atoms with Crippen molar-refractivity contribution in [2.24, 2.45) is 0 Å². The monoisotopic (exact) mass is 308 g/mol. The summed E-state index contributed by atoms with van der Waals surface area (Å²) in [6.07, 6.45) is 3.87. The Morgan fingerprint density at radius 1 is 1.19 bits per heavy atom. The van der Waals surface area contributed by atoms with Gasteiger partial charge in [-0.2, -0.15) is 0 Å². The fourth-order valence-electron chi connectivity index (χ4n) is 2.22. The van der Waals surface area contributed by atoms with E-state index in [1.54, 1.807) is 30.5 Å². The number of aromatic nitrogens is 1. The van der Waals surface area contributed by atoms with Crippen molar-refractivity contribution in [2.75, 3.05) is 13.2 Å². The van der Waals surface area contributed by atoms with Crippen molar-refractivity contribution in [3.8, 4) is 0 Å². The first-order valence-corrected chi connectivity index (χ1v) is 8.49. The number of nitrogens with zero attached hydrogens (tertiary/aromatic N) is 1. The summed E-state index contributed by atoms with van der Waals surface area (Å²) in [6, 6.07) is 6.91. The van der Waals surface area contributed by atoms with Gasteiger partial charge in [-0.05, 0) is 49.9 Å². The van der Waals surface area contributed by atoms with Crippen molar-refractivity contribution < 1.29 is 13.5 Å². The van der Waals surface area contributed by atoms with Gasteiger partial charge >= 0.3 is 0 Å². The van der Waals surface area contributed by atoms with E-state index < -0.39 is 10.0 Å². The van der Waals surface area contributed by atoms with E-state index in [2.05, 4.69) is 9.71 Å². The summed E-state index contributed by atoms with van der Waals surface area (Å²) in [6.45, 7) is 2.42. The van der Waals surface area contributed by atoms with E-state index in [4.69, 9.17) is 5.11 Å². The Kier molecular flexibility index (Phi) is 5.27. The van der Waals surface area contributed by atoms with E-state index in [1.165, 1.54) is 0 Å². The number of unbranched alkanes of at least 4 members (excludes halogenated alkanes) is 2. The summed E-state index contributed by atoms with van der Waals surface area (Å²) in [4.78, 5) is 4.52. The summed E-state index contributed by atoms with van der Waals surface area (Å²) >= 11 is 0. The third kappa shape index (κ3) is 3.78. The molecule has 5 nitrogen and oxygen atoms in total. The van der Waals surface area contributed by atoms with Gasteiger partial charge in [-0.3, -0.25) is 4.98 Å². The number of rotatable bonds is 7. The molecule has 0 aliphatic rings. The molecule has 114 valence electrons. The van der Waals surface area contributed by atoms with Gasteiger partial charge in [-0.25, -0.2) is 13.1 Å². The lowest BCUT2D eigenvalue weighted by Gasteiger charge is -2.10. The van der Waals surface area contributed by atoms with Gasteiger partial charge in [0.25, 0.3) is 0 Å². The van der Waals surface area contributed by atoms with Crippen molar-refractivity contribution in [3.63, 3.8) is 0 Å². The quantitative estimate of drug-likeness (QED) is 0.767. The van der Waals surface area contributed by atoms with Gasteiger partial charge in [-0.1, -0.05) is 6.07 Å². The molecule has 21 heavy (non-hydrogen) atoms. The Morgan fingerprint density at radius 3 is 2.76 bits per heavy atom. The molecule has 0 fully saturated rings. The highest BCUT2D eigenvalue weighted by atomic mass is 32.2. The highest BCUT2D eigenvalue weighted by molar-refractivity contribution is 7.89. The molecule has 0 radical (unpaired) electrons. The van der Waals surface area contributed by atoms with E-state index in [1.807, 2.05) is 6.92 Å². The van der Waals surface area contributed by atoms with Crippen LogP contribution in [0.4, 0.5) is 0 Å². The van der Waals surface area contributed by atoms with Crippen molar-refractivity contribution in [1.29, 1.82) is 0 Å². The molecule has 2 rings (SSSR count). The van der Waals surface area contributed by atoms with Crippen molar-refractivity contribution in [3.05, 3.63) is 36.0 Å². The number of aliphatic hydroxyl groups is 1. The van der Waals surface area contributed by atoms with Crippen LogP contribution in [0.25, 0.3) is 10.9 Å². The van der Waals surface area contributed by atoms with Gasteiger partial charge in [0, 0.05) is 24.7 Å². The largest absolute Gasteiger partial charge is 0.396 e. The zero-order chi connectivity index (χ0) is 15.3. The molecule has 0 aliphatic carbocycles. The highest BCUT2D eigenvalue weighted by Gasteiger charge is 2.17. The van der Waals surface area contributed by atoms with Crippen LogP contribution < -0.4 is 4.72 Å². The van der Waals surface area contributed by atoms with Gasteiger partial charge in [-0.15, -0.1) is 0 Å². The third-order valence-electron chi connectivity index (χ3n) is 3.35. The summed E-state index contributed by atoms with van der Waals surface area (Å²) in [5, 5.41) is 9.34. The molecule has 0 amide bonds. The topological polar surface area (TPSA) is 79.3 Å². The van der Waals surface area contributed by atoms with Crippen LogP contribution in [0.3, 0.4) is 0 Å². The number of nitrogens with one attached hydrogen (secondary N) is 1. The minimum Gasteiger partial charge on any atom is -0.396 e. The van der Waals surface area contributed by atoms with E-state index in [9.17, 15) is 8.42 Å². The summed E-state index contributed by atoms with van der Waals surface area (Å²) in [5.74, 6) is 0. The molecule has 0 spiro atoms. The van der Waals surface area contributed by atoms with Crippen LogP contribution in [-0.2, 0) is 10.0 Å². The van der Waals surface area contributed by atoms with Crippen LogP contribution in [0.2, 0.25) is 0 Å². The lowest BCUT2D eigenvalue weighted by Crippen LogP contribution is -2.25. The van der Waals surface area contributed by atoms with Crippen LogP contribution >= 0.6 is 0 Å². The van der Waals surface area contributed by atoms with Gasteiger partial charge in [0.2, 0.25) is 10.0 Å². The van der Waals surface area contributed by atoms with Crippen LogP contribution in [-0.4, -0.2) is 31.7 Å². The Labute approximate surface area is 125 Å². The lowest BCUT2D eigenvalue weighted by molar-refractivity contribution is 0.283. The smallest absolute Gasteiger partial charge is 0.241 e. The predicted molar refractivity (Wildman–Crippen MR) is 82.6 cm³/mol. The third-order valence-corrected chi connectivity index (χ3v) is 4.87. The van der Waals surface area contributed by atoms with Gasteiger partial charge in [0.05, 0.1) is 10.4 Å². The molecular weight excluding hydrogens is 288 g/mol. The SMILES string of the molecule is Cc1ccc(S(=O)(=O)NCCCCCO)c2cccnc12. The molecule has 6 heteroatoms. The zero-order valence-corrected chi connectivity index (χ0v) is 12.9. The van der Waals surface area contributed by atoms with Crippen LogP contribution in [0.15, 0.2) is 35.4 Å². The Balaban J connectivity index is 2.23. The van der Waals surface area contributed by atoms with Gasteiger partial charge in [0.15, 0.2) is 0 Å². The maximum Gasteiger partial charge on any atom is 0.241 e. The number of hydrogen-bond donors (Lipinski definition) is 2. The minimum atomic E-state index is -3.54. The number of fused-ring (bicyclic) bond motifs is 1. The highest BCUT2D eigenvalue weighted by Crippen LogP contribution is 2.23. The molecule has 1 aromatic heterocycles. The maximum absolute atomic E-state index is 12.4. The van der Waals surface area contributed by atoms with Crippen LogP contribution in [0.1, 0.15) is 24.8 Å². The molecule has 0 unspecified atom stereocenters. The van der Waals surface area contributed by atoms with Crippen LogP contribution in [0.5, 0.6) is 0 Å². The first kappa shape index (κ1) is 15.9. The molecule has 0 saturated carbocycles. The fraction of sp³-hybridized carbons (Fsp3) is 0.400. The second kappa shape index (κ2) is 6.98. The van der Waals surface area contributed by atoms with Crippen molar-refractivity contribution in [1.82, 2.24) is 9.71 Å².